The number of phenolic OH excluding ortho intramolecular Hbond substituents is 1. The number of esters is 1. The van der Waals surface area contributed by atoms with Gasteiger partial charge in [0, 0.05) is 16.1 Å². The average molecular weight is 342 g/mol. The Morgan fingerprint density at radius 2 is 2.17 bits per heavy atom. The summed E-state index contributed by atoms with van der Waals surface area (Å²) < 4.78 is 4.73. The van der Waals surface area contributed by atoms with Crippen LogP contribution in [0.2, 0.25) is 0 Å². The molecule has 0 bridgehead atoms. The predicted molar refractivity (Wildman–Crippen MR) is 68.7 cm³/mol. The van der Waals surface area contributed by atoms with Crippen LogP contribution in [-0.2, 0) is 9.53 Å². The van der Waals surface area contributed by atoms with Gasteiger partial charge in [0.25, 0.3) is 0 Å². The van der Waals surface area contributed by atoms with Gasteiger partial charge in [0.2, 0.25) is 0 Å². The summed E-state index contributed by atoms with van der Waals surface area (Å²) in [4.78, 5) is 21.1. The van der Waals surface area contributed by atoms with Crippen molar-refractivity contribution in [2.24, 2.45) is 5.73 Å². The summed E-state index contributed by atoms with van der Waals surface area (Å²) in [5, 5.41) is 20.3. The number of benzene rings is 1. The second-order valence-electron chi connectivity index (χ2n) is 3.12. The van der Waals surface area contributed by atoms with Crippen molar-refractivity contribution in [3.63, 3.8) is 0 Å². The average Bonchev–Trinajstić information content (AvgIpc) is 2.29. The SMILES string of the molecule is COC(=O)[C@@H](N)c1cc(Br)cc([N+](=O)[O-])c1O.Cl. The number of phenols is 1. The first-order valence-corrected chi connectivity index (χ1v) is 5.18. The topological polar surface area (TPSA) is 116 Å². The molecule has 0 aliphatic heterocycles. The molecule has 0 fully saturated rings. The molecule has 0 saturated heterocycles. The van der Waals surface area contributed by atoms with E-state index in [0.29, 0.717) is 4.47 Å². The molecule has 0 heterocycles. The summed E-state index contributed by atoms with van der Waals surface area (Å²) in [6.45, 7) is 0. The molecule has 0 aliphatic rings. The van der Waals surface area contributed by atoms with E-state index in [1.54, 1.807) is 0 Å². The lowest BCUT2D eigenvalue weighted by molar-refractivity contribution is -0.386. The Balaban J connectivity index is 0.00000289. The van der Waals surface area contributed by atoms with Gasteiger partial charge in [-0.3, -0.25) is 14.9 Å². The molecule has 0 amide bonds. The van der Waals surface area contributed by atoms with Crippen LogP contribution < -0.4 is 5.73 Å². The molecule has 0 saturated carbocycles. The zero-order chi connectivity index (χ0) is 13.2. The maximum atomic E-state index is 11.2. The minimum atomic E-state index is -1.28. The second kappa shape index (κ2) is 6.53. The van der Waals surface area contributed by atoms with Crippen LogP contribution in [0.4, 0.5) is 5.69 Å². The number of hydrogen-bond acceptors (Lipinski definition) is 6. The summed E-state index contributed by atoms with van der Waals surface area (Å²) in [6.07, 6.45) is 0. The third-order valence-electron chi connectivity index (χ3n) is 2.07. The van der Waals surface area contributed by atoms with Gasteiger partial charge in [0.05, 0.1) is 12.0 Å². The minimum absolute atomic E-state index is 0. The molecule has 0 aliphatic carbocycles. The van der Waals surface area contributed by atoms with E-state index >= 15 is 0 Å². The van der Waals surface area contributed by atoms with Crippen molar-refractivity contribution in [1.82, 2.24) is 0 Å². The van der Waals surface area contributed by atoms with E-state index in [1.165, 1.54) is 6.07 Å². The lowest BCUT2D eigenvalue weighted by Gasteiger charge is -2.11. The Hall–Kier alpha value is -1.38. The Morgan fingerprint density at radius 3 is 2.61 bits per heavy atom. The summed E-state index contributed by atoms with van der Waals surface area (Å²) in [5.41, 5.74) is 4.90. The number of nitro benzene ring substituents is 1. The van der Waals surface area contributed by atoms with Gasteiger partial charge in [-0.15, -0.1) is 12.4 Å². The number of halogens is 2. The van der Waals surface area contributed by atoms with Crippen molar-refractivity contribution in [2.75, 3.05) is 7.11 Å². The van der Waals surface area contributed by atoms with Crippen LogP contribution in [0, 0.1) is 10.1 Å². The fourth-order valence-electron chi connectivity index (χ4n) is 1.24. The largest absolute Gasteiger partial charge is 0.502 e. The second-order valence-corrected chi connectivity index (χ2v) is 4.04. The van der Waals surface area contributed by atoms with Crippen LogP contribution in [0.1, 0.15) is 11.6 Å². The van der Waals surface area contributed by atoms with Crippen LogP contribution in [-0.4, -0.2) is 23.1 Å². The quantitative estimate of drug-likeness (QED) is 0.491. The molecule has 18 heavy (non-hydrogen) atoms. The van der Waals surface area contributed by atoms with E-state index in [-0.39, 0.29) is 18.0 Å². The van der Waals surface area contributed by atoms with Gasteiger partial charge in [-0.25, -0.2) is 0 Å². The number of nitrogens with zero attached hydrogens (tertiary/aromatic N) is 1. The van der Waals surface area contributed by atoms with E-state index < -0.39 is 28.4 Å². The first kappa shape index (κ1) is 16.6. The normalized spacial score (nSPS) is 11.3. The monoisotopic (exact) mass is 340 g/mol. The van der Waals surface area contributed by atoms with Gasteiger partial charge in [-0.2, -0.15) is 0 Å². The third kappa shape index (κ3) is 3.31. The number of carbonyl (C=O) groups excluding carboxylic acids is 1. The van der Waals surface area contributed by atoms with E-state index in [1.807, 2.05) is 0 Å². The Kier molecular flexibility index (Phi) is 6.02. The van der Waals surface area contributed by atoms with Gasteiger partial charge in [-0.1, -0.05) is 15.9 Å². The van der Waals surface area contributed by atoms with Gasteiger partial charge < -0.3 is 15.6 Å². The number of carbonyl (C=O) groups is 1. The molecular weight excluding hydrogens is 331 g/mol. The van der Waals surface area contributed by atoms with E-state index in [0.717, 1.165) is 13.2 Å². The van der Waals surface area contributed by atoms with E-state index in [2.05, 4.69) is 20.7 Å². The molecule has 100 valence electrons. The zero-order valence-corrected chi connectivity index (χ0v) is 11.5. The van der Waals surface area contributed by atoms with Crippen molar-refractivity contribution in [2.45, 2.75) is 6.04 Å². The highest BCUT2D eigenvalue weighted by Crippen LogP contribution is 2.36. The van der Waals surface area contributed by atoms with Crippen molar-refractivity contribution in [1.29, 1.82) is 0 Å². The Labute approximate surface area is 117 Å². The van der Waals surface area contributed by atoms with Crippen molar-refractivity contribution in [3.8, 4) is 5.75 Å². The zero-order valence-electron chi connectivity index (χ0n) is 9.12. The lowest BCUT2D eigenvalue weighted by atomic mass is 10.1. The van der Waals surface area contributed by atoms with Gasteiger partial charge in [0.1, 0.15) is 6.04 Å². The van der Waals surface area contributed by atoms with Crippen molar-refractivity contribution in [3.05, 3.63) is 32.3 Å². The lowest BCUT2D eigenvalue weighted by Crippen LogP contribution is -2.22. The highest BCUT2D eigenvalue weighted by atomic mass is 79.9. The maximum Gasteiger partial charge on any atom is 0.327 e. The van der Waals surface area contributed by atoms with Crippen LogP contribution in [0.5, 0.6) is 5.75 Å². The first-order valence-electron chi connectivity index (χ1n) is 4.38. The van der Waals surface area contributed by atoms with Gasteiger partial charge >= 0.3 is 11.7 Å². The highest BCUT2D eigenvalue weighted by molar-refractivity contribution is 9.10. The Bertz CT molecular complexity index is 482. The molecule has 1 rings (SSSR count). The fraction of sp³-hybridized carbons (Fsp3) is 0.222. The van der Waals surface area contributed by atoms with Gasteiger partial charge in [0.15, 0.2) is 5.75 Å². The molecule has 1 atom stereocenters. The van der Waals surface area contributed by atoms with Gasteiger partial charge in [-0.05, 0) is 6.07 Å². The molecule has 7 nitrogen and oxygen atoms in total. The molecular formula is C9H10BrClN2O5. The Morgan fingerprint density at radius 1 is 1.61 bits per heavy atom. The van der Waals surface area contributed by atoms with Crippen LogP contribution >= 0.6 is 28.3 Å². The summed E-state index contributed by atoms with van der Waals surface area (Å²) >= 11 is 3.03. The highest BCUT2D eigenvalue weighted by Gasteiger charge is 2.26. The molecule has 1 aromatic carbocycles. The van der Waals surface area contributed by atoms with E-state index in [9.17, 15) is 20.0 Å². The molecule has 3 N–H and O–H groups in total. The predicted octanol–water partition coefficient (Wildman–Crippen LogP) is 1.66. The number of methoxy groups -OCH3 is 1. The van der Waals surface area contributed by atoms with Crippen molar-refractivity contribution >= 4 is 40.0 Å². The summed E-state index contributed by atoms with van der Waals surface area (Å²) in [5.74, 6) is -1.44. The number of nitrogens with two attached hydrogens (primary N) is 1. The molecule has 1 aromatic rings. The number of ether oxygens (including phenoxy) is 1. The molecule has 0 spiro atoms. The summed E-state index contributed by atoms with van der Waals surface area (Å²) in [7, 11) is 1.13. The molecule has 0 aromatic heterocycles. The third-order valence-corrected chi connectivity index (χ3v) is 2.53. The van der Waals surface area contributed by atoms with E-state index in [4.69, 9.17) is 5.73 Å². The summed E-state index contributed by atoms with van der Waals surface area (Å²) in [6, 6.07) is 1.16. The molecule has 0 radical (unpaired) electrons. The standard InChI is InChI=1S/C9H9BrN2O5.ClH/c1-17-9(14)7(11)5-2-4(10)3-6(8(5)13)12(15)16;/h2-3,7,13H,11H2,1H3;1H/t7-;/m0./s1. The minimum Gasteiger partial charge on any atom is -0.502 e. The fourth-order valence-corrected chi connectivity index (χ4v) is 1.70. The number of aromatic hydroxyl groups is 1. The maximum absolute atomic E-state index is 11.2. The smallest absolute Gasteiger partial charge is 0.327 e. The molecule has 0 unspecified atom stereocenters. The van der Waals surface area contributed by atoms with Crippen LogP contribution in [0.3, 0.4) is 0 Å². The number of nitro groups is 1. The number of rotatable bonds is 3. The molecule has 9 heteroatoms. The van der Waals surface area contributed by atoms with Crippen molar-refractivity contribution < 1.29 is 19.6 Å². The first-order chi connectivity index (χ1) is 7.88. The van der Waals surface area contributed by atoms with Crippen LogP contribution in [0.25, 0.3) is 0 Å². The van der Waals surface area contributed by atoms with Crippen LogP contribution in [0.15, 0.2) is 16.6 Å². The number of hydrogen-bond donors (Lipinski definition) is 2.